The molecule has 0 aliphatic heterocycles. The summed E-state index contributed by atoms with van der Waals surface area (Å²) in [6, 6.07) is 8.64. The van der Waals surface area contributed by atoms with Crippen molar-refractivity contribution in [2.24, 2.45) is 11.8 Å². The average Bonchev–Trinajstić information content (AvgIpc) is 2.25. The lowest BCUT2D eigenvalue weighted by atomic mass is 9.97. The minimum atomic E-state index is 0.161. The molecule has 94 valence electrons. The van der Waals surface area contributed by atoms with E-state index in [-0.39, 0.29) is 5.92 Å². The number of benzene rings is 1. The zero-order valence-electron chi connectivity index (χ0n) is 11.5. The predicted octanol–water partition coefficient (Wildman–Crippen LogP) is 4.04. The van der Waals surface area contributed by atoms with E-state index in [2.05, 4.69) is 38.1 Å². The van der Waals surface area contributed by atoms with Crippen molar-refractivity contribution in [1.82, 2.24) is 0 Å². The molecule has 0 bridgehead atoms. The first-order valence-electron chi connectivity index (χ1n) is 6.59. The first kappa shape index (κ1) is 14.0. The Kier molecular flexibility index (Phi) is 5.40. The van der Waals surface area contributed by atoms with Crippen LogP contribution in [0.1, 0.15) is 45.2 Å². The number of rotatable bonds is 6. The molecular weight excluding hydrogens is 208 g/mol. The summed E-state index contributed by atoms with van der Waals surface area (Å²) in [6.45, 7) is 8.40. The highest BCUT2D eigenvalue weighted by atomic mass is 16.1. The van der Waals surface area contributed by atoms with Gasteiger partial charge in [0, 0.05) is 12.3 Å². The largest absolute Gasteiger partial charge is 0.299 e. The van der Waals surface area contributed by atoms with Crippen molar-refractivity contribution in [2.75, 3.05) is 0 Å². The van der Waals surface area contributed by atoms with Gasteiger partial charge in [0.25, 0.3) is 0 Å². The highest BCUT2D eigenvalue weighted by Gasteiger charge is 2.07. The fraction of sp³-hybridized carbons (Fsp3) is 0.562. The number of ketones is 1. The van der Waals surface area contributed by atoms with Crippen molar-refractivity contribution in [2.45, 2.75) is 47.0 Å². The van der Waals surface area contributed by atoms with Crippen LogP contribution in [0, 0.1) is 11.8 Å². The second kappa shape index (κ2) is 6.58. The molecule has 0 amide bonds. The van der Waals surface area contributed by atoms with Gasteiger partial charge in [0.1, 0.15) is 5.78 Å². The topological polar surface area (TPSA) is 17.1 Å². The molecule has 17 heavy (non-hydrogen) atoms. The Morgan fingerprint density at radius 1 is 1.12 bits per heavy atom. The Bertz CT molecular complexity index is 364. The molecule has 0 saturated carbocycles. The molecule has 0 saturated heterocycles. The quantitative estimate of drug-likeness (QED) is 0.723. The fourth-order valence-electron chi connectivity index (χ4n) is 1.94. The summed E-state index contributed by atoms with van der Waals surface area (Å²) in [6.07, 6.45) is 2.66. The van der Waals surface area contributed by atoms with Crippen LogP contribution >= 0.6 is 0 Å². The van der Waals surface area contributed by atoms with Gasteiger partial charge in [0.2, 0.25) is 0 Å². The van der Waals surface area contributed by atoms with Crippen LogP contribution in [0.3, 0.4) is 0 Å². The highest BCUT2D eigenvalue weighted by molar-refractivity contribution is 5.80. The van der Waals surface area contributed by atoms with Gasteiger partial charge < -0.3 is 0 Å². The molecule has 1 nitrogen and oxygen atoms in total. The van der Waals surface area contributed by atoms with E-state index in [9.17, 15) is 4.79 Å². The molecule has 0 unspecified atom stereocenters. The second-order valence-corrected chi connectivity index (χ2v) is 5.54. The lowest BCUT2D eigenvalue weighted by Gasteiger charge is -2.08. The molecule has 0 atom stereocenters. The number of hydrogen-bond acceptors (Lipinski definition) is 1. The normalized spacial score (nSPS) is 11.2. The van der Waals surface area contributed by atoms with Gasteiger partial charge in [-0.2, -0.15) is 0 Å². The van der Waals surface area contributed by atoms with Crippen molar-refractivity contribution in [3.05, 3.63) is 35.4 Å². The second-order valence-electron chi connectivity index (χ2n) is 5.54. The van der Waals surface area contributed by atoms with E-state index in [4.69, 9.17) is 0 Å². The van der Waals surface area contributed by atoms with Crippen LogP contribution in [0.2, 0.25) is 0 Å². The smallest absolute Gasteiger partial charge is 0.135 e. The first-order chi connectivity index (χ1) is 7.99. The van der Waals surface area contributed by atoms with Crippen molar-refractivity contribution >= 4 is 5.78 Å². The number of Topliss-reactive ketones (excluding diaryl/α,β-unsaturated/α-hetero) is 1. The van der Waals surface area contributed by atoms with Gasteiger partial charge in [0.15, 0.2) is 0 Å². The third kappa shape index (κ3) is 5.16. The zero-order valence-corrected chi connectivity index (χ0v) is 11.5. The molecule has 0 aliphatic carbocycles. The number of aryl methyl sites for hydroxylation is 1. The molecule has 0 heterocycles. The summed E-state index contributed by atoms with van der Waals surface area (Å²) < 4.78 is 0. The number of carbonyl (C=O) groups excluding carboxylic acids is 1. The molecule has 1 aromatic carbocycles. The molecule has 0 radical (unpaired) electrons. The Labute approximate surface area is 105 Å². The molecular formula is C16H24O. The van der Waals surface area contributed by atoms with Crippen molar-refractivity contribution < 1.29 is 4.79 Å². The van der Waals surface area contributed by atoms with Gasteiger partial charge in [0.05, 0.1) is 0 Å². The van der Waals surface area contributed by atoms with Crippen LogP contribution in [-0.2, 0) is 17.6 Å². The Morgan fingerprint density at radius 3 is 2.35 bits per heavy atom. The lowest BCUT2D eigenvalue weighted by molar-refractivity contribution is -0.121. The zero-order chi connectivity index (χ0) is 12.8. The first-order valence-corrected chi connectivity index (χ1v) is 6.59. The molecule has 0 aliphatic rings. The summed E-state index contributed by atoms with van der Waals surface area (Å²) in [7, 11) is 0. The molecule has 0 spiro atoms. The van der Waals surface area contributed by atoms with E-state index in [1.807, 2.05) is 13.8 Å². The van der Waals surface area contributed by atoms with E-state index in [1.165, 1.54) is 11.1 Å². The van der Waals surface area contributed by atoms with Crippen LogP contribution in [0.25, 0.3) is 0 Å². The van der Waals surface area contributed by atoms with Crippen LogP contribution < -0.4 is 0 Å². The van der Waals surface area contributed by atoms with Gasteiger partial charge in [-0.05, 0) is 29.9 Å². The molecule has 1 rings (SSSR count). The molecule has 1 heteroatoms. The van der Waals surface area contributed by atoms with Gasteiger partial charge in [-0.25, -0.2) is 0 Å². The van der Waals surface area contributed by atoms with E-state index >= 15 is 0 Å². The third-order valence-corrected chi connectivity index (χ3v) is 2.94. The van der Waals surface area contributed by atoms with Crippen LogP contribution in [0.4, 0.5) is 0 Å². The van der Waals surface area contributed by atoms with Gasteiger partial charge in [-0.3, -0.25) is 4.79 Å². The van der Waals surface area contributed by atoms with E-state index in [0.717, 1.165) is 12.8 Å². The van der Waals surface area contributed by atoms with E-state index in [1.54, 1.807) is 0 Å². The summed E-state index contributed by atoms with van der Waals surface area (Å²) in [5.41, 5.74) is 2.67. The van der Waals surface area contributed by atoms with E-state index < -0.39 is 0 Å². The predicted molar refractivity (Wildman–Crippen MR) is 73.2 cm³/mol. The van der Waals surface area contributed by atoms with Crippen molar-refractivity contribution in [3.63, 3.8) is 0 Å². The Morgan fingerprint density at radius 2 is 1.76 bits per heavy atom. The maximum Gasteiger partial charge on any atom is 0.135 e. The summed E-state index contributed by atoms with van der Waals surface area (Å²) in [5, 5.41) is 0. The van der Waals surface area contributed by atoms with Gasteiger partial charge in [-0.1, -0.05) is 52.0 Å². The van der Waals surface area contributed by atoms with E-state index in [0.29, 0.717) is 18.1 Å². The summed E-state index contributed by atoms with van der Waals surface area (Å²) in [4.78, 5) is 11.6. The average molecular weight is 232 g/mol. The monoisotopic (exact) mass is 232 g/mol. The van der Waals surface area contributed by atoms with Gasteiger partial charge in [-0.15, -0.1) is 0 Å². The minimum Gasteiger partial charge on any atom is -0.299 e. The molecule has 0 N–H and O–H groups in total. The SMILES string of the molecule is CC(C)Cc1cccc(CCC(=O)C(C)C)c1. The number of carbonyl (C=O) groups is 1. The molecule has 1 aromatic rings. The van der Waals surface area contributed by atoms with Crippen LogP contribution in [0.5, 0.6) is 0 Å². The number of hydrogen-bond donors (Lipinski definition) is 0. The Hall–Kier alpha value is -1.11. The highest BCUT2D eigenvalue weighted by Crippen LogP contribution is 2.13. The van der Waals surface area contributed by atoms with Crippen molar-refractivity contribution in [3.8, 4) is 0 Å². The minimum absolute atomic E-state index is 0.161. The van der Waals surface area contributed by atoms with Crippen molar-refractivity contribution in [1.29, 1.82) is 0 Å². The molecule has 0 fully saturated rings. The van der Waals surface area contributed by atoms with Crippen LogP contribution in [-0.4, -0.2) is 5.78 Å². The molecule has 0 aromatic heterocycles. The maximum absolute atomic E-state index is 11.6. The lowest BCUT2D eigenvalue weighted by Crippen LogP contribution is -2.08. The maximum atomic E-state index is 11.6. The summed E-state index contributed by atoms with van der Waals surface area (Å²) in [5.74, 6) is 1.20. The fourth-order valence-corrected chi connectivity index (χ4v) is 1.94. The standard InChI is InChI=1S/C16H24O/c1-12(2)10-15-7-5-6-14(11-15)8-9-16(17)13(3)4/h5-7,11-13H,8-10H2,1-4H3. The summed E-state index contributed by atoms with van der Waals surface area (Å²) >= 11 is 0. The third-order valence-electron chi connectivity index (χ3n) is 2.94. The van der Waals surface area contributed by atoms with Crippen LogP contribution in [0.15, 0.2) is 24.3 Å². The Balaban J connectivity index is 2.57. The van der Waals surface area contributed by atoms with Gasteiger partial charge >= 0.3 is 0 Å².